The molecule has 2 fully saturated rings. The summed E-state index contributed by atoms with van der Waals surface area (Å²) in [6.07, 6.45) is 16.1. The van der Waals surface area contributed by atoms with Crippen LogP contribution >= 0.6 is 0 Å². The maximum atomic E-state index is 3.93. The molecule has 0 spiro atoms. The fourth-order valence-corrected chi connectivity index (χ4v) is 5.81. The van der Waals surface area contributed by atoms with Gasteiger partial charge in [-0.1, -0.05) is 57.2 Å². The van der Waals surface area contributed by atoms with Gasteiger partial charge in [-0.2, -0.15) is 0 Å². The van der Waals surface area contributed by atoms with Crippen LogP contribution in [0.5, 0.6) is 0 Å². The number of H-pyrrole nitrogens is 1. The molecule has 178 valence electrons. The summed E-state index contributed by atoms with van der Waals surface area (Å²) in [5.41, 5.74) is 6.55. The molecule has 0 aliphatic carbocycles. The van der Waals surface area contributed by atoms with Gasteiger partial charge in [0.05, 0.1) is 0 Å². The number of unbranched alkanes of at least 4 members (excludes halogenated alkanes) is 1. The smallest absolute Gasteiger partial charge is 0.0494 e. The second-order valence-corrected chi connectivity index (χ2v) is 9.95. The second kappa shape index (κ2) is 11.4. The number of benzene rings is 1. The Kier molecular flexibility index (Phi) is 8.27. The van der Waals surface area contributed by atoms with E-state index < -0.39 is 0 Å². The molecule has 1 aromatic carbocycles. The van der Waals surface area contributed by atoms with E-state index in [0.717, 1.165) is 12.5 Å². The maximum absolute atomic E-state index is 3.93. The molecular weight excluding hydrogens is 402 g/mol. The zero-order chi connectivity index (χ0) is 23.2. The van der Waals surface area contributed by atoms with Crippen molar-refractivity contribution in [2.75, 3.05) is 32.7 Å². The van der Waals surface area contributed by atoms with E-state index in [2.05, 4.69) is 78.6 Å². The topological polar surface area (TPSA) is 22.3 Å². The highest BCUT2D eigenvalue weighted by atomic mass is 15.2. The van der Waals surface area contributed by atoms with E-state index in [1.54, 1.807) is 0 Å². The number of rotatable bonds is 8. The summed E-state index contributed by atoms with van der Waals surface area (Å²) >= 11 is 0. The molecule has 0 atom stereocenters. The summed E-state index contributed by atoms with van der Waals surface area (Å²) in [6.45, 7) is 17.0. The van der Waals surface area contributed by atoms with Crippen LogP contribution in [0.15, 0.2) is 49.1 Å². The Morgan fingerprint density at radius 2 is 1.85 bits per heavy atom. The molecule has 1 aromatic heterocycles. The van der Waals surface area contributed by atoms with Crippen molar-refractivity contribution in [3.8, 4) is 0 Å². The Morgan fingerprint density at radius 3 is 2.52 bits per heavy atom. The molecule has 2 saturated heterocycles. The van der Waals surface area contributed by atoms with Gasteiger partial charge in [-0.15, -0.1) is 0 Å². The Hall–Kier alpha value is -2.10. The fourth-order valence-electron chi connectivity index (χ4n) is 5.81. The van der Waals surface area contributed by atoms with E-state index in [1.807, 2.05) is 6.08 Å². The van der Waals surface area contributed by atoms with Gasteiger partial charge in [-0.25, -0.2) is 0 Å². The van der Waals surface area contributed by atoms with Crippen LogP contribution in [0.4, 0.5) is 0 Å². The van der Waals surface area contributed by atoms with Crippen molar-refractivity contribution < 1.29 is 0 Å². The molecule has 4 rings (SSSR count). The highest BCUT2D eigenvalue weighted by Crippen LogP contribution is 2.34. The van der Waals surface area contributed by atoms with Crippen molar-refractivity contribution in [3.63, 3.8) is 0 Å². The lowest BCUT2D eigenvalue weighted by molar-refractivity contribution is 0.0895. The van der Waals surface area contributed by atoms with Crippen LogP contribution in [-0.2, 0) is 0 Å². The van der Waals surface area contributed by atoms with Crippen molar-refractivity contribution in [1.82, 2.24) is 14.8 Å². The first-order valence-corrected chi connectivity index (χ1v) is 13.2. The molecule has 3 heteroatoms. The van der Waals surface area contributed by atoms with Gasteiger partial charge in [0.1, 0.15) is 0 Å². The van der Waals surface area contributed by atoms with E-state index in [0.29, 0.717) is 5.92 Å². The van der Waals surface area contributed by atoms with E-state index >= 15 is 0 Å². The molecule has 0 radical (unpaired) electrons. The summed E-state index contributed by atoms with van der Waals surface area (Å²) in [6, 6.07) is 7.94. The van der Waals surface area contributed by atoms with Crippen LogP contribution in [0.1, 0.15) is 75.1 Å². The minimum atomic E-state index is 0.687. The van der Waals surface area contributed by atoms with Crippen molar-refractivity contribution in [2.45, 2.75) is 71.3 Å². The van der Waals surface area contributed by atoms with Gasteiger partial charge in [0.2, 0.25) is 0 Å². The molecule has 2 aliphatic heterocycles. The Bertz CT molecular complexity index is 979. The van der Waals surface area contributed by atoms with Crippen LogP contribution in [0, 0.1) is 6.92 Å². The van der Waals surface area contributed by atoms with Crippen molar-refractivity contribution in [2.24, 2.45) is 0 Å². The molecular formula is C30H43N3. The van der Waals surface area contributed by atoms with Crippen molar-refractivity contribution in [1.29, 1.82) is 0 Å². The first-order valence-electron chi connectivity index (χ1n) is 13.2. The predicted octanol–water partition coefficient (Wildman–Crippen LogP) is 7.07. The maximum Gasteiger partial charge on any atom is 0.0494 e. The van der Waals surface area contributed by atoms with E-state index in [1.165, 1.54) is 98.1 Å². The number of aromatic nitrogens is 1. The highest BCUT2D eigenvalue weighted by Gasteiger charge is 2.28. The fraction of sp³-hybridized carbons (Fsp3) is 0.533. The van der Waals surface area contributed by atoms with Gasteiger partial charge in [0, 0.05) is 22.6 Å². The van der Waals surface area contributed by atoms with Gasteiger partial charge >= 0.3 is 0 Å². The number of allylic oxidation sites excluding steroid dienone is 5. The third-order valence-electron chi connectivity index (χ3n) is 7.94. The first kappa shape index (κ1) is 24.0. The molecule has 0 amide bonds. The van der Waals surface area contributed by atoms with Gasteiger partial charge in [0.25, 0.3) is 0 Å². The Balaban J connectivity index is 1.46. The third kappa shape index (κ3) is 5.53. The van der Waals surface area contributed by atoms with E-state index in [4.69, 9.17) is 0 Å². The number of hydrogen-bond acceptors (Lipinski definition) is 2. The minimum Gasteiger partial charge on any atom is -0.354 e. The zero-order valence-corrected chi connectivity index (χ0v) is 21.1. The van der Waals surface area contributed by atoms with Gasteiger partial charge in [-0.05, 0) is 107 Å². The highest BCUT2D eigenvalue weighted by molar-refractivity contribution is 5.91. The second-order valence-electron chi connectivity index (χ2n) is 9.95. The number of nitrogens with zero attached hydrogens (tertiary/aromatic N) is 2. The van der Waals surface area contributed by atoms with Gasteiger partial charge in [0.15, 0.2) is 0 Å². The standard InChI is InChI=1S/C30H43N3/c1-5-8-9-11-25(10-6-2)30-23(4)28-22-26(12-13-29(28)31-30)24-14-20-33(21-15-24)27-16-18-32(7-3)19-17-27/h6,9-13,22,24,27,31H,2,5,7-8,14-21H2,1,3-4H3/b11-9-,25-10+. The summed E-state index contributed by atoms with van der Waals surface area (Å²) in [7, 11) is 0. The molecule has 0 saturated carbocycles. The lowest BCUT2D eigenvalue weighted by Gasteiger charge is -2.41. The molecule has 3 heterocycles. The number of aromatic amines is 1. The lowest BCUT2D eigenvalue weighted by atomic mass is 9.87. The van der Waals surface area contributed by atoms with Crippen molar-refractivity contribution >= 4 is 16.5 Å². The molecule has 3 nitrogen and oxygen atoms in total. The number of nitrogens with one attached hydrogen (secondary N) is 1. The third-order valence-corrected chi connectivity index (χ3v) is 7.94. The average molecular weight is 446 g/mol. The minimum absolute atomic E-state index is 0.687. The summed E-state index contributed by atoms with van der Waals surface area (Å²) < 4.78 is 0. The van der Waals surface area contributed by atoms with Crippen molar-refractivity contribution in [3.05, 3.63) is 65.9 Å². The molecule has 0 unspecified atom stereocenters. The molecule has 2 aromatic rings. The monoisotopic (exact) mass is 445 g/mol. The van der Waals surface area contributed by atoms with E-state index in [9.17, 15) is 0 Å². The first-order chi connectivity index (χ1) is 16.1. The average Bonchev–Trinajstić information content (AvgIpc) is 3.19. The van der Waals surface area contributed by atoms with Crippen LogP contribution in [-0.4, -0.2) is 53.5 Å². The molecule has 33 heavy (non-hydrogen) atoms. The number of likely N-dealkylation sites (tertiary alicyclic amines) is 2. The van der Waals surface area contributed by atoms with Gasteiger partial charge < -0.3 is 14.8 Å². The van der Waals surface area contributed by atoms with Gasteiger partial charge in [-0.3, -0.25) is 0 Å². The summed E-state index contributed by atoms with van der Waals surface area (Å²) in [5, 5.41) is 1.37. The van der Waals surface area contributed by atoms with Crippen LogP contribution in [0.3, 0.4) is 0 Å². The Labute approximate surface area is 201 Å². The molecule has 1 N–H and O–H groups in total. The quantitative estimate of drug-likeness (QED) is 0.439. The van der Waals surface area contributed by atoms with Crippen LogP contribution in [0.25, 0.3) is 16.5 Å². The normalized spacial score (nSPS) is 20.3. The SMILES string of the molecule is C=C/C=C(\C=C/CCC)c1[nH]c2ccc(C3CCN(C4CCN(CC)CC4)CC3)cc2c1C. The number of aryl methyl sites for hydroxylation is 1. The number of hydrogen-bond donors (Lipinski definition) is 1. The lowest BCUT2D eigenvalue weighted by Crippen LogP contribution is -2.47. The number of piperidine rings is 2. The Morgan fingerprint density at radius 1 is 1.09 bits per heavy atom. The van der Waals surface area contributed by atoms with Crippen LogP contribution in [0.2, 0.25) is 0 Å². The predicted molar refractivity (Wildman–Crippen MR) is 144 cm³/mol. The number of fused-ring (bicyclic) bond motifs is 1. The summed E-state index contributed by atoms with van der Waals surface area (Å²) in [4.78, 5) is 9.07. The molecule has 0 bridgehead atoms. The van der Waals surface area contributed by atoms with Crippen LogP contribution < -0.4 is 0 Å². The largest absolute Gasteiger partial charge is 0.354 e. The summed E-state index contributed by atoms with van der Waals surface area (Å²) in [5.74, 6) is 0.687. The molecule has 2 aliphatic rings. The zero-order valence-electron chi connectivity index (χ0n) is 21.1. The van der Waals surface area contributed by atoms with E-state index in [-0.39, 0.29) is 0 Å².